The first-order valence-corrected chi connectivity index (χ1v) is 6.64. The van der Waals surface area contributed by atoms with Gasteiger partial charge < -0.3 is 0 Å². The van der Waals surface area contributed by atoms with Crippen LogP contribution in [0.25, 0.3) is 0 Å². The Morgan fingerprint density at radius 3 is 2.11 bits per heavy atom. The van der Waals surface area contributed by atoms with Gasteiger partial charge in [-0.3, -0.25) is 4.79 Å². The van der Waals surface area contributed by atoms with E-state index >= 15 is 0 Å². The number of rotatable bonds is 4. The lowest BCUT2D eigenvalue weighted by Crippen LogP contribution is -1.93. The predicted molar refractivity (Wildman–Crippen MR) is 77.0 cm³/mol. The third-order valence-electron chi connectivity index (χ3n) is 2.26. The van der Waals surface area contributed by atoms with Gasteiger partial charge in [0, 0.05) is 16.5 Å². The fraction of sp³-hybridized carbons (Fsp3) is 0. The molecule has 2 aromatic rings. The first-order valence-electron chi connectivity index (χ1n) is 5.45. The summed E-state index contributed by atoms with van der Waals surface area (Å²) < 4.78 is 0.468. The topological polar surface area (TPSA) is 17.1 Å². The maximum atomic E-state index is 11.9. The highest BCUT2D eigenvalue weighted by Gasteiger charge is 2.04. The van der Waals surface area contributed by atoms with Crippen LogP contribution in [0.3, 0.4) is 0 Å². The monoisotopic (exact) mass is 274 g/mol. The van der Waals surface area contributed by atoms with Crippen molar-refractivity contribution in [1.29, 1.82) is 0 Å². The Labute approximate surface area is 115 Å². The molecular formula is C15H11ClOS. The normalized spacial score (nSPS) is 11.3. The molecule has 3 heteroatoms. The molecular weight excluding hydrogens is 264 g/mol. The highest BCUT2D eigenvalue weighted by atomic mass is 35.5. The number of hydrogen-bond acceptors (Lipinski definition) is 2. The van der Waals surface area contributed by atoms with E-state index in [4.69, 9.17) is 11.6 Å². The summed E-state index contributed by atoms with van der Waals surface area (Å²) in [4.78, 5) is 12.9. The third-order valence-corrected chi connectivity index (χ3v) is 3.42. The molecule has 0 saturated carbocycles. The summed E-state index contributed by atoms with van der Waals surface area (Å²) in [7, 11) is 0. The first kappa shape index (κ1) is 12.9. The molecule has 0 aliphatic rings. The van der Waals surface area contributed by atoms with Crippen molar-refractivity contribution in [3.8, 4) is 0 Å². The van der Waals surface area contributed by atoms with Crippen LogP contribution in [0.2, 0.25) is 0 Å². The molecule has 0 saturated heterocycles. The third kappa shape index (κ3) is 3.76. The van der Waals surface area contributed by atoms with Gasteiger partial charge in [-0.2, -0.15) is 0 Å². The number of halogens is 1. The second-order valence-corrected chi connectivity index (χ2v) is 5.34. The quantitative estimate of drug-likeness (QED) is 0.455. The molecule has 0 radical (unpaired) electrons. The summed E-state index contributed by atoms with van der Waals surface area (Å²) in [6.07, 6.45) is 1.45. The largest absolute Gasteiger partial charge is 0.289 e. The van der Waals surface area contributed by atoms with E-state index in [1.54, 1.807) is 12.1 Å². The molecule has 0 bridgehead atoms. The van der Waals surface area contributed by atoms with Gasteiger partial charge in [0.1, 0.15) is 0 Å². The van der Waals surface area contributed by atoms with Crippen LogP contribution in [-0.4, -0.2) is 5.78 Å². The number of ketones is 1. The van der Waals surface area contributed by atoms with E-state index in [1.165, 1.54) is 17.8 Å². The molecule has 2 rings (SSSR count). The average molecular weight is 275 g/mol. The molecule has 0 N–H and O–H groups in total. The van der Waals surface area contributed by atoms with E-state index in [9.17, 15) is 4.79 Å². The Hall–Kier alpha value is -1.51. The van der Waals surface area contributed by atoms with Crippen LogP contribution in [0.4, 0.5) is 0 Å². The summed E-state index contributed by atoms with van der Waals surface area (Å²) in [6, 6.07) is 18.8. The Morgan fingerprint density at radius 2 is 1.50 bits per heavy atom. The first-order chi connectivity index (χ1) is 8.75. The Morgan fingerprint density at radius 1 is 0.944 bits per heavy atom. The number of carbonyl (C=O) groups is 1. The minimum Gasteiger partial charge on any atom is -0.289 e. The van der Waals surface area contributed by atoms with Gasteiger partial charge in [0.2, 0.25) is 0 Å². The summed E-state index contributed by atoms with van der Waals surface area (Å²) in [5.41, 5.74) is 0.643. The van der Waals surface area contributed by atoms with Crippen molar-refractivity contribution in [2.24, 2.45) is 0 Å². The van der Waals surface area contributed by atoms with Crippen molar-refractivity contribution in [3.05, 3.63) is 76.7 Å². The highest BCUT2D eigenvalue weighted by Crippen LogP contribution is 2.29. The molecule has 0 atom stereocenters. The van der Waals surface area contributed by atoms with E-state index < -0.39 is 0 Å². The molecule has 1 nitrogen and oxygen atoms in total. The number of allylic oxidation sites excluding steroid dienone is 1. The second-order valence-electron chi connectivity index (χ2n) is 3.59. The maximum absolute atomic E-state index is 11.9. The minimum atomic E-state index is -0.0796. The van der Waals surface area contributed by atoms with Gasteiger partial charge in [0.05, 0.1) is 4.36 Å². The van der Waals surface area contributed by atoms with E-state index in [0.29, 0.717) is 9.93 Å². The smallest absolute Gasteiger partial charge is 0.187 e. The van der Waals surface area contributed by atoms with Gasteiger partial charge >= 0.3 is 0 Å². The fourth-order valence-electron chi connectivity index (χ4n) is 1.42. The Kier molecular flexibility index (Phi) is 4.62. The zero-order chi connectivity index (χ0) is 12.8. The van der Waals surface area contributed by atoms with E-state index in [-0.39, 0.29) is 5.78 Å². The molecule has 18 heavy (non-hydrogen) atoms. The van der Waals surface area contributed by atoms with Gasteiger partial charge in [-0.05, 0) is 12.1 Å². The van der Waals surface area contributed by atoms with Gasteiger partial charge in [-0.25, -0.2) is 0 Å². The van der Waals surface area contributed by atoms with Crippen LogP contribution >= 0.6 is 23.4 Å². The number of hydrogen-bond donors (Lipinski definition) is 0. The van der Waals surface area contributed by atoms with Gasteiger partial charge in [0.25, 0.3) is 0 Å². The summed E-state index contributed by atoms with van der Waals surface area (Å²) in [6.45, 7) is 0. The summed E-state index contributed by atoms with van der Waals surface area (Å²) >= 11 is 7.44. The van der Waals surface area contributed by atoms with Crippen molar-refractivity contribution in [2.75, 3.05) is 0 Å². The molecule has 90 valence electrons. The predicted octanol–water partition coefficient (Wildman–Crippen LogP) is 4.74. The van der Waals surface area contributed by atoms with Crippen molar-refractivity contribution in [1.82, 2.24) is 0 Å². The van der Waals surface area contributed by atoms with Crippen LogP contribution in [-0.2, 0) is 0 Å². The Bertz CT molecular complexity index is 549. The van der Waals surface area contributed by atoms with Gasteiger partial charge in [-0.1, -0.05) is 71.9 Å². The molecule has 2 aromatic carbocycles. The van der Waals surface area contributed by atoms with E-state index in [2.05, 4.69) is 0 Å². The summed E-state index contributed by atoms with van der Waals surface area (Å²) in [5.74, 6) is -0.0796. The highest BCUT2D eigenvalue weighted by molar-refractivity contribution is 8.04. The standard InChI is InChI=1S/C15H11ClOS/c16-15(18-13-9-5-2-6-10-13)11-14(17)12-7-3-1-4-8-12/h1-11H. The zero-order valence-electron chi connectivity index (χ0n) is 9.55. The van der Waals surface area contributed by atoms with Crippen molar-refractivity contribution in [2.45, 2.75) is 4.90 Å². The van der Waals surface area contributed by atoms with E-state index in [0.717, 1.165) is 4.90 Å². The van der Waals surface area contributed by atoms with Gasteiger partial charge in [0.15, 0.2) is 5.78 Å². The van der Waals surface area contributed by atoms with Crippen LogP contribution in [0.1, 0.15) is 10.4 Å². The minimum absolute atomic E-state index is 0.0796. The average Bonchev–Trinajstić information content (AvgIpc) is 2.40. The van der Waals surface area contributed by atoms with Crippen molar-refractivity contribution < 1.29 is 4.79 Å². The van der Waals surface area contributed by atoms with Crippen molar-refractivity contribution in [3.63, 3.8) is 0 Å². The molecule has 0 aliphatic carbocycles. The molecule has 0 fully saturated rings. The molecule has 0 aromatic heterocycles. The van der Waals surface area contributed by atoms with Crippen LogP contribution in [0, 0.1) is 0 Å². The van der Waals surface area contributed by atoms with Crippen LogP contribution < -0.4 is 0 Å². The van der Waals surface area contributed by atoms with E-state index in [1.807, 2.05) is 48.5 Å². The lowest BCUT2D eigenvalue weighted by molar-refractivity contribution is 0.104. The molecule has 0 unspecified atom stereocenters. The number of benzene rings is 2. The van der Waals surface area contributed by atoms with Crippen molar-refractivity contribution >= 4 is 29.1 Å². The Balaban J connectivity index is 2.07. The van der Waals surface area contributed by atoms with Gasteiger partial charge in [-0.15, -0.1) is 0 Å². The molecule has 0 spiro atoms. The lowest BCUT2D eigenvalue weighted by Gasteiger charge is -1.99. The molecule has 0 aliphatic heterocycles. The SMILES string of the molecule is O=C(C=C(Cl)Sc1ccccc1)c1ccccc1. The summed E-state index contributed by atoms with van der Waals surface area (Å²) in [5, 5.41) is 0. The second kappa shape index (κ2) is 6.43. The number of thioether (sulfide) groups is 1. The lowest BCUT2D eigenvalue weighted by atomic mass is 10.1. The fourth-order valence-corrected chi connectivity index (χ4v) is 2.47. The molecule has 0 amide bonds. The van der Waals surface area contributed by atoms with Crippen LogP contribution in [0.5, 0.6) is 0 Å². The molecule has 0 heterocycles. The maximum Gasteiger partial charge on any atom is 0.187 e. The number of carbonyl (C=O) groups excluding carboxylic acids is 1. The van der Waals surface area contributed by atoms with Crippen LogP contribution in [0.15, 0.2) is 76.0 Å². The zero-order valence-corrected chi connectivity index (χ0v) is 11.1.